The van der Waals surface area contributed by atoms with Crippen molar-refractivity contribution in [3.8, 4) is 0 Å². The number of hydrogen-bond acceptors (Lipinski definition) is 2. The van der Waals surface area contributed by atoms with Gasteiger partial charge in [0.2, 0.25) is 5.91 Å². The molecule has 0 spiro atoms. The van der Waals surface area contributed by atoms with Gasteiger partial charge in [-0.1, -0.05) is 6.92 Å². The molecular formula is C7H16N2O. The number of amides is 1. The molecule has 0 aromatic carbocycles. The minimum atomic E-state index is 0.111. The Balaban J connectivity index is 3.26. The Morgan fingerprint density at radius 3 is 2.60 bits per heavy atom. The summed E-state index contributed by atoms with van der Waals surface area (Å²) in [6, 6.07) is 0. The summed E-state index contributed by atoms with van der Waals surface area (Å²) in [5.74, 6) is 0.111. The van der Waals surface area contributed by atoms with E-state index in [1.807, 2.05) is 7.05 Å². The van der Waals surface area contributed by atoms with Crippen molar-refractivity contribution < 1.29 is 4.79 Å². The van der Waals surface area contributed by atoms with Crippen LogP contribution in [0.3, 0.4) is 0 Å². The van der Waals surface area contributed by atoms with Crippen molar-refractivity contribution in [3.05, 3.63) is 0 Å². The van der Waals surface area contributed by atoms with E-state index in [-0.39, 0.29) is 5.91 Å². The van der Waals surface area contributed by atoms with Crippen LogP contribution in [-0.4, -0.2) is 38.0 Å². The second-order valence-corrected chi connectivity index (χ2v) is 2.32. The van der Waals surface area contributed by atoms with Crippen LogP contribution in [0.1, 0.15) is 13.3 Å². The highest BCUT2D eigenvalue weighted by Gasteiger charge is 1.98. The lowest BCUT2D eigenvalue weighted by Gasteiger charge is -2.11. The first kappa shape index (κ1) is 9.43. The van der Waals surface area contributed by atoms with Gasteiger partial charge in [0.1, 0.15) is 0 Å². The lowest BCUT2D eigenvalue weighted by molar-refractivity contribution is -0.120. The van der Waals surface area contributed by atoms with E-state index in [2.05, 4.69) is 17.1 Å². The molecule has 0 saturated heterocycles. The molecule has 3 heteroatoms. The lowest BCUT2D eigenvalue weighted by atomic mass is 10.4. The standard InChI is InChI=1S/C7H16N2O/c1-4-9(3)6-5-7(10)8-2/h4-6H2,1-3H3,(H,8,10). The van der Waals surface area contributed by atoms with Crippen molar-refractivity contribution in [2.75, 3.05) is 27.2 Å². The quantitative estimate of drug-likeness (QED) is 0.605. The van der Waals surface area contributed by atoms with Gasteiger partial charge in [-0.3, -0.25) is 4.79 Å². The Morgan fingerprint density at radius 1 is 1.60 bits per heavy atom. The van der Waals surface area contributed by atoms with Gasteiger partial charge in [-0.2, -0.15) is 0 Å². The molecule has 0 atom stereocenters. The summed E-state index contributed by atoms with van der Waals surface area (Å²) in [7, 11) is 3.66. The van der Waals surface area contributed by atoms with Crippen molar-refractivity contribution in [3.63, 3.8) is 0 Å². The summed E-state index contributed by atoms with van der Waals surface area (Å²) in [6.45, 7) is 3.91. The molecule has 0 aromatic rings. The molecule has 0 bridgehead atoms. The molecule has 0 radical (unpaired) electrons. The molecule has 0 aliphatic heterocycles. The van der Waals surface area contributed by atoms with E-state index in [0.717, 1.165) is 13.1 Å². The molecule has 0 aliphatic carbocycles. The maximum Gasteiger partial charge on any atom is 0.221 e. The van der Waals surface area contributed by atoms with E-state index in [9.17, 15) is 4.79 Å². The zero-order valence-corrected chi connectivity index (χ0v) is 6.98. The monoisotopic (exact) mass is 144 g/mol. The van der Waals surface area contributed by atoms with Crippen molar-refractivity contribution in [1.29, 1.82) is 0 Å². The third kappa shape index (κ3) is 4.32. The average molecular weight is 144 g/mol. The third-order valence-electron chi connectivity index (χ3n) is 1.54. The van der Waals surface area contributed by atoms with Gasteiger partial charge in [-0.15, -0.1) is 0 Å². The fraction of sp³-hybridized carbons (Fsp3) is 0.857. The predicted molar refractivity (Wildman–Crippen MR) is 41.9 cm³/mol. The zero-order valence-electron chi connectivity index (χ0n) is 6.98. The molecule has 10 heavy (non-hydrogen) atoms. The van der Waals surface area contributed by atoms with Gasteiger partial charge >= 0.3 is 0 Å². The lowest BCUT2D eigenvalue weighted by Crippen LogP contribution is -2.26. The normalized spacial score (nSPS) is 10.0. The Morgan fingerprint density at radius 2 is 2.20 bits per heavy atom. The van der Waals surface area contributed by atoms with Crippen LogP contribution < -0.4 is 5.32 Å². The Hall–Kier alpha value is -0.570. The highest BCUT2D eigenvalue weighted by molar-refractivity contribution is 5.75. The number of hydrogen-bond donors (Lipinski definition) is 1. The predicted octanol–water partition coefficient (Wildman–Crippen LogP) is 0.0742. The summed E-state index contributed by atoms with van der Waals surface area (Å²) < 4.78 is 0. The minimum absolute atomic E-state index is 0.111. The van der Waals surface area contributed by atoms with Gasteiger partial charge in [0, 0.05) is 20.0 Å². The molecule has 0 heterocycles. The van der Waals surface area contributed by atoms with Crippen LogP contribution in [0.5, 0.6) is 0 Å². The molecular weight excluding hydrogens is 128 g/mol. The van der Waals surface area contributed by atoms with Gasteiger partial charge < -0.3 is 10.2 Å². The minimum Gasteiger partial charge on any atom is -0.359 e. The van der Waals surface area contributed by atoms with Crippen LogP contribution in [-0.2, 0) is 4.79 Å². The molecule has 0 aliphatic rings. The van der Waals surface area contributed by atoms with Crippen LogP contribution in [0.2, 0.25) is 0 Å². The largest absolute Gasteiger partial charge is 0.359 e. The van der Waals surface area contributed by atoms with Crippen molar-refractivity contribution in [2.24, 2.45) is 0 Å². The SMILES string of the molecule is CCN(C)CCC(=O)NC. The molecule has 3 nitrogen and oxygen atoms in total. The molecule has 0 fully saturated rings. The maximum atomic E-state index is 10.7. The average Bonchev–Trinajstić information content (AvgIpc) is 1.99. The molecule has 0 rings (SSSR count). The molecule has 0 aromatic heterocycles. The van der Waals surface area contributed by atoms with E-state index >= 15 is 0 Å². The molecule has 1 N–H and O–H groups in total. The topological polar surface area (TPSA) is 32.3 Å². The van der Waals surface area contributed by atoms with Crippen molar-refractivity contribution in [1.82, 2.24) is 10.2 Å². The van der Waals surface area contributed by atoms with E-state index in [4.69, 9.17) is 0 Å². The first-order valence-electron chi connectivity index (χ1n) is 3.59. The number of nitrogens with one attached hydrogen (secondary N) is 1. The Bertz CT molecular complexity index is 104. The number of carbonyl (C=O) groups is 1. The van der Waals surface area contributed by atoms with Crippen LogP contribution in [0, 0.1) is 0 Å². The van der Waals surface area contributed by atoms with Crippen molar-refractivity contribution >= 4 is 5.91 Å². The van der Waals surface area contributed by atoms with Gasteiger partial charge in [-0.25, -0.2) is 0 Å². The van der Waals surface area contributed by atoms with Gasteiger partial charge in [0.25, 0.3) is 0 Å². The van der Waals surface area contributed by atoms with E-state index in [1.165, 1.54) is 0 Å². The molecule has 1 amide bonds. The second kappa shape index (κ2) is 5.23. The first-order valence-corrected chi connectivity index (χ1v) is 3.59. The zero-order chi connectivity index (χ0) is 7.98. The van der Waals surface area contributed by atoms with Crippen LogP contribution >= 0.6 is 0 Å². The van der Waals surface area contributed by atoms with E-state index < -0.39 is 0 Å². The Labute approximate surface area is 62.4 Å². The molecule has 0 unspecified atom stereocenters. The second-order valence-electron chi connectivity index (χ2n) is 2.32. The maximum absolute atomic E-state index is 10.7. The summed E-state index contributed by atoms with van der Waals surface area (Å²) in [4.78, 5) is 12.8. The van der Waals surface area contributed by atoms with E-state index in [0.29, 0.717) is 6.42 Å². The van der Waals surface area contributed by atoms with Crippen LogP contribution in [0.25, 0.3) is 0 Å². The van der Waals surface area contributed by atoms with Crippen LogP contribution in [0.4, 0.5) is 0 Å². The van der Waals surface area contributed by atoms with Gasteiger partial charge in [0.15, 0.2) is 0 Å². The summed E-state index contributed by atoms with van der Waals surface area (Å²) >= 11 is 0. The fourth-order valence-electron chi connectivity index (χ4n) is 0.576. The Kier molecular flexibility index (Phi) is 4.94. The van der Waals surface area contributed by atoms with Gasteiger partial charge in [-0.05, 0) is 13.6 Å². The highest BCUT2D eigenvalue weighted by atomic mass is 16.1. The fourth-order valence-corrected chi connectivity index (χ4v) is 0.576. The van der Waals surface area contributed by atoms with Crippen molar-refractivity contribution in [2.45, 2.75) is 13.3 Å². The summed E-state index contributed by atoms with van der Waals surface area (Å²) in [6.07, 6.45) is 0.598. The smallest absolute Gasteiger partial charge is 0.221 e. The third-order valence-corrected chi connectivity index (χ3v) is 1.54. The van der Waals surface area contributed by atoms with Crippen LogP contribution in [0.15, 0.2) is 0 Å². The number of nitrogens with zero attached hydrogens (tertiary/aromatic N) is 1. The van der Waals surface area contributed by atoms with E-state index in [1.54, 1.807) is 7.05 Å². The molecule has 60 valence electrons. The number of carbonyl (C=O) groups excluding carboxylic acids is 1. The highest BCUT2D eigenvalue weighted by Crippen LogP contribution is 1.85. The number of rotatable bonds is 4. The first-order chi connectivity index (χ1) is 4.70. The summed E-state index contributed by atoms with van der Waals surface area (Å²) in [5, 5.41) is 2.58. The summed E-state index contributed by atoms with van der Waals surface area (Å²) in [5.41, 5.74) is 0. The van der Waals surface area contributed by atoms with Gasteiger partial charge in [0.05, 0.1) is 0 Å². The molecule has 0 saturated carbocycles.